The van der Waals surface area contributed by atoms with Crippen LogP contribution in [0.5, 0.6) is 0 Å². The zero-order valence-corrected chi connectivity index (χ0v) is 7.74. The number of aliphatic carboxylic acids is 1. The number of hydrogen-bond donors (Lipinski definition) is 1. The highest BCUT2D eigenvalue weighted by atomic mass is 16.5. The molecule has 0 aromatic rings. The minimum absolute atomic E-state index is 0.0446. The quantitative estimate of drug-likeness (QED) is 0.653. The maximum atomic E-state index is 10.3. The first-order valence-corrected chi connectivity index (χ1v) is 4.04. The van der Waals surface area contributed by atoms with Crippen LogP contribution in [0.3, 0.4) is 0 Å². The molecule has 0 heterocycles. The maximum Gasteiger partial charge on any atom is 0.332 e. The van der Waals surface area contributed by atoms with Crippen molar-refractivity contribution in [1.82, 2.24) is 0 Å². The van der Waals surface area contributed by atoms with E-state index >= 15 is 0 Å². The number of rotatable bonds is 6. The van der Waals surface area contributed by atoms with Crippen LogP contribution in [-0.2, 0) is 14.3 Å². The number of carboxylic acids is 1. The van der Waals surface area contributed by atoms with Crippen LogP contribution in [0.25, 0.3) is 0 Å². The molecule has 12 heavy (non-hydrogen) atoms. The van der Waals surface area contributed by atoms with E-state index in [0.29, 0.717) is 13.2 Å². The Morgan fingerprint density at radius 3 is 2.42 bits per heavy atom. The first-order valence-electron chi connectivity index (χ1n) is 4.04. The Labute approximate surface area is 72.5 Å². The molecule has 0 aromatic heterocycles. The highest BCUT2D eigenvalue weighted by Gasteiger charge is 2.12. The molecule has 72 valence electrons. The van der Waals surface area contributed by atoms with Crippen molar-refractivity contribution < 1.29 is 19.4 Å². The molecule has 0 aliphatic rings. The molecule has 4 heteroatoms. The van der Waals surface area contributed by atoms with Crippen LogP contribution in [0.1, 0.15) is 20.8 Å². The van der Waals surface area contributed by atoms with Crippen molar-refractivity contribution in [2.75, 3.05) is 13.2 Å². The van der Waals surface area contributed by atoms with Gasteiger partial charge in [-0.05, 0) is 20.8 Å². The maximum absolute atomic E-state index is 10.3. The lowest BCUT2D eigenvalue weighted by molar-refractivity contribution is -0.151. The van der Waals surface area contributed by atoms with E-state index in [4.69, 9.17) is 14.6 Å². The monoisotopic (exact) mass is 176 g/mol. The van der Waals surface area contributed by atoms with Crippen LogP contribution < -0.4 is 0 Å². The first-order chi connectivity index (χ1) is 5.57. The molecule has 0 aromatic carbocycles. The molecule has 2 atom stereocenters. The van der Waals surface area contributed by atoms with Crippen molar-refractivity contribution in [1.29, 1.82) is 0 Å². The first kappa shape index (κ1) is 11.4. The molecule has 0 rings (SSSR count). The molecular weight excluding hydrogens is 160 g/mol. The van der Waals surface area contributed by atoms with Crippen molar-refractivity contribution in [3.05, 3.63) is 0 Å². The van der Waals surface area contributed by atoms with E-state index in [1.807, 2.05) is 13.8 Å². The zero-order chi connectivity index (χ0) is 9.56. The average Bonchev–Trinajstić information content (AvgIpc) is 2.00. The third-order valence-corrected chi connectivity index (χ3v) is 1.38. The predicted molar refractivity (Wildman–Crippen MR) is 44.1 cm³/mol. The molecule has 0 aliphatic heterocycles. The lowest BCUT2D eigenvalue weighted by Gasteiger charge is -2.13. The smallest absolute Gasteiger partial charge is 0.332 e. The van der Waals surface area contributed by atoms with Crippen LogP contribution in [0, 0.1) is 0 Å². The summed E-state index contributed by atoms with van der Waals surface area (Å²) in [5.41, 5.74) is 0. The molecule has 1 N–H and O–H groups in total. The van der Waals surface area contributed by atoms with Crippen LogP contribution in [0.2, 0.25) is 0 Å². The Morgan fingerprint density at radius 1 is 1.42 bits per heavy atom. The second kappa shape index (κ2) is 5.97. The number of ether oxygens (including phenoxy) is 2. The fraction of sp³-hybridized carbons (Fsp3) is 0.875. The third-order valence-electron chi connectivity index (χ3n) is 1.38. The third kappa shape index (κ3) is 5.09. The Morgan fingerprint density at radius 2 is 2.00 bits per heavy atom. The van der Waals surface area contributed by atoms with Gasteiger partial charge >= 0.3 is 5.97 Å². The molecule has 0 bridgehead atoms. The summed E-state index contributed by atoms with van der Waals surface area (Å²) in [4.78, 5) is 10.3. The standard InChI is InChI=1S/C8H16O4/c1-4-11-6(2)5-12-7(3)8(9)10/h6-7H,4-5H2,1-3H3,(H,9,10)/t6?,7-/m0/s1. The SMILES string of the molecule is CCOC(C)CO[C@@H](C)C(=O)O. The van der Waals surface area contributed by atoms with Crippen molar-refractivity contribution >= 4 is 5.97 Å². The fourth-order valence-corrected chi connectivity index (χ4v) is 0.684. The number of hydrogen-bond acceptors (Lipinski definition) is 3. The largest absolute Gasteiger partial charge is 0.479 e. The van der Waals surface area contributed by atoms with Gasteiger partial charge in [0.1, 0.15) is 0 Å². The minimum atomic E-state index is -0.946. The van der Waals surface area contributed by atoms with E-state index in [1.165, 1.54) is 6.92 Å². The van der Waals surface area contributed by atoms with Gasteiger partial charge in [-0.3, -0.25) is 0 Å². The zero-order valence-electron chi connectivity index (χ0n) is 7.74. The lowest BCUT2D eigenvalue weighted by Crippen LogP contribution is -2.25. The van der Waals surface area contributed by atoms with Crippen molar-refractivity contribution in [2.24, 2.45) is 0 Å². The second-order valence-electron chi connectivity index (χ2n) is 2.58. The van der Waals surface area contributed by atoms with Gasteiger partial charge in [-0.15, -0.1) is 0 Å². The van der Waals surface area contributed by atoms with Gasteiger partial charge in [-0.2, -0.15) is 0 Å². The highest BCUT2D eigenvalue weighted by Crippen LogP contribution is 1.96. The van der Waals surface area contributed by atoms with E-state index in [2.05, 4.69) is 0 Å². The topological polar surface area (TPSA) is 55.8 Å². The molecule has 0 spiro atoms. The van der Waals surface area contributed by atoms with Gasteiger partial charge in [-0.25, -0.2) is 4.79 Å². The van der Waals surface area contributed by atoms with Crippen molar-refractivity contribution in [2.45, 2.75) is 33.0 Å². The van der Waals surface area contributed by atoms with Crippen LogP contribution in [-0.4, -0.2) is 36.5 Å². The molecule has 0 saturated heterocycles. The van der Waals surface area contributed by atoms with E-state index in [0.717, 1.165) is 0 Å². The highest BCUT2D eigenvalue weighted by molar-refractivity contribution is 5.71. The second-order valence-corrected chi connectivity index (χ2v) is 2.58. The Hall–Kier alpha value is -0.610. The van der Waals surface area contributed by atoms with Crippen LogP contribution in [0.4, 0.5) is 0 Å². The minimum Gasteiger partial charge on any atom is -0.479 e. The van der Waals surface area contributed by atoms with E-state index in [-0.39, 0.29) is 6.10 Å². The van der Waals surface area contributed by atoms with Gasteiger partial charge in [0, 0.05) is 6.61 Å². The van der Waals surface area contributed by atoms with E-state index in [1.54, 1.807) is 0 Å². The normalized spacial score (nSPS) is 15.6. The van der Waals surface area contributed by atoms with Crippen LogP contribution >= 0.6 is 0 Å². The Kier molecular flexibility index (Phi) is 5.66. The molecule has 0 radical (unpaired) electrons. The summed E-state index contributed by atoms with van der Waals surface area (Å²) in [5, 5.41) is 8.46. The van der Waals surface area contributed by atoms with Crippen molar-refractivity contribution in [3.63, 3.8) is 0 Å². The summed E-state index contributed by atoms with van der Waals surface area (Å²) < 4.78 is 10.1. The molecule has 0 saturated carbocycles. The Balaban J connectivity index is 3.46. The molecular formula is C8H16O4. The van der Waals surface area contributed by atoms with Gasteiger partial charge in [0.25, 0.3) is 0 Å². The summed E-state index contributed by atoms with van der Waals surface area (Å²) >= 11 is 0. The van der Waals surface area contributed by atoms with Crippen molar-refractivity contribution in [3.8, 4) is 0 Å². The predicted octanol–water partition coefficient (Wildman–Crippen LogP) is 0.901. The molecule has 4 nitrogen and oxygen atoms in total. The Bertz CT molecular complexity index is 135. The molecule has 0 fully saturated rings. The van der Waals surface area contributed by atoms with E-state index < -0.39 is 12.1 Å². The number of carboxylic acid groups (broad SMARTS) is 1. The van der Waals surface area contributed by atoms with Gasteiger partial charge < -0.3 is 14.6 Å². The van der Waals surface area contributed by atoms with Gasteiger partial charge in [0.15, 0.2) is 6.10 Å². The van der Waals surface area contributed by atoms with Crippen LogP contribution in [0.15, 0.2) is 0 Å². The average molecular weight is 176 g/mol. The summed E-state index contributed by atoms with van der Waals surface area (Å²) in [6.45, 7) is 6.17. The van der Waals surface area contributed by atoms with E-state index in [9.17, 15) is 4.79 Å². The summed E-state index contributed by atoms with van der Waals surface area (Å²) in [5.74, 6) is -0.946. The van der Waals surface area contributed by atoms with Gasteiger partial charge in [0.05, 0.1) is 12.7 Å². The molecule has 1 unspecified atom stereocenters. The fourth-order valence-electron chi connectivity index (χ4n) is 0.684. The van der Waals surface area contributed by atoms with Gasteiger partial charge in [0.2, 0.25) is 0 Å². The lowest BCUT2D eigenvalue weighted by atomic mass is 10.4. The summed E-state index contributed by atoms with van der Waals surface area (Å²) in [6.07, 6.45) is -0.801. The number of carbonyl (C=O) groups is 1. The molecule has 0 aliphatic carbocycles. The summed E-state index contributed by atoms with van der Waals surface area (Å²) in [7, 11) is 0. The summed E-state index contributed by atoms with van der Waals surface area (Å²) in [6, 6.07) is 0. The van der Waals surface area contributed by atoms with Gasteiger partial charge in [-0.1, -0.05) is 0 Å². The molecule has 0 amide bonds.